The molecule has 1 aromatic rings. The molecule has 100 valence electrons. The summed E-state index contributed by atoms with van der Waals surface area (Å²) >= 11 is 0. The van der Waals surface area contributed by atoms with Crippen molar-refractivity contribution in [2.45, 2.75) is 19.4 Å². The number of rotatable bonds is 4. The molecule has 0 aliphatic carbocycles. The van der Waals surface area contributed by atoms with E-state index in [1.54, 1.807) is 31.2 Å². The normalized spacial score (nSPS) is 18.1. The van der Waals surface area contributed by atoms with Crippen molar-refractivity contribution in [1.29, 1.82) is 0 Å². The molecule has 0 saturated heterocycles. The zero-order valence-electron chi connectivity index (χ0n) is 10.5. The van der Waals surface area contributed by atoms with Gasteiger partial charge in [-0.1, -0.05) is 18.2 Å². The van der Waals surface area contributed by atoms with Crippen molar-refractivity contribution in [3.63, 3.8) is 0 Å². The van der Waals surface area contributed by atoms with E-state index in [1.165, 1.54) is 5.01 Å². The highest BCUT2D eigenvalue weighted by molar-refractivity contribution is 6.40. The van der Waals surface area contributed by atoms with E-state index in [1.807, 2.05) is 6.07 Å². The largest absolute Gasteiger partial charge is 0.480 e. The lowest BCUT2D eigenvalue weighted by Crippen LogP contribution is -2.35. The molecule has 0 radical (unpaired) electrons. The van der Waals surface area contributed by atoms with Gasteiger partial charge in [-0.2, -0.15) is 5.10 Å². The molecule has 1 heterocycles. The maximum Gasteiger partial charge on any atom is 0.328 e. The van der Waals surface area contributed by atoms with Crippen LogP contribution in [-0.2, 0) is 9.59 Å². The smallest absolute Gasteiger partial charge is 0.328 e. The zero-order chi connectivity index (χ0) is 13.8. The Morgan fingerprint density at radius 2 is 2.11 bits per heavy atom. The highest BCUT2D eigenvalue weighted by atomic mass is 16.4. The SMILES string of the molecule is CCNC(=O)C1=NN(c2ccccc2)C(C(=O)O)C1. The molecule has 0 aromatic heterocycles. The number of nitrogens with one attached hydrogen (secondary N) is 1. The molecule has 1 aliphatic rings. The number of benzene rings is 1. The van der Waals surface area contributed by atoms with Crippen LogP contribution in [-0.4, -0.2) is 35.3 Å². The Labute approximate surface area is 110 Å². The van der Waals surface area contributed by atoms with E-state index in [0.717, 1.165) is 0 Å². The highest BCUT2D eigenvalue weighted by Crippen LogP contribution is 2.24. The Hall–Kier alpha value is -2.37. The van der Waals surface area contributed by atoms with Gasteiger partial charge in [-0.3, -0.25) is 9.80 Å². The third-order valence-electron chi connectivity index (χ3n) is 2.82. The Morgan fingerprint density at radius 1 is 1.42 bits per heavy atom. The van der Waals surface area contributed by atoms with Crippen LogP contribution in [0.3, 0.4) is 0 Å². The number of aliphatic carboxylic acids is 1. The maximum absolute atomic E-state index is 11.7. The maximum atomic E-state index is 11.7. The monoisotopic (exact) mass is 261 g/mol. The second-order valence-corrected chi connectivity index (χ2v) is 4.14. The molecule has 19 heavy (non-hydrogen) atoms. The summed E-state index contributed by atoms with van der Waals surface area (Å²) in [6.45, 7) is 2.29. The topological polar surface area (TPSA) is 82.0 Å². The van der Waals surface area contributed by atoms with Gasteiger partial charge in [-0.05, 0) is 19.1 Å². The molecule has 0 saturated carbocycles. The summed E-state index contributed by atoms with van der Waals surface area (Å²) in [6, 6.07) is 8.13. The first-order chi connectivity index (χ1) is 9.13. The predicted octanol–water partition coefficient (Wildman–Crippen LogP) is 0.842. The van der Waals surface area contributed by atoms with Crippen molar-refractivity contribution in [2.75, 3.05) is 11.6 Å². The number of hydrogen-bond donors (Lipinski definition) is 2. The molecule has 0 spiro atoms. The highest BCUT2D eigenvalue weighted by Gasteiger charge is 2.35. The molecule has 1 atom stereocenters. The van der Waals surface area contributed by atoms with Crippen LogP contribution in [0.4, 0.5) is 5.69 Å². The number of carbonyl (C=O) groups excluding carboxylic acids is 1. The van der Waals surface area contributed by atoms with Gasteiger partial charge in [-0.15, -0.1) is 0 Å². The number of anilines is 1. The minimum absolute atomic E-state index is 0.107. The average Bonchev–Trinajstić information content (AvgIpc) is 2.85. The molecule has 2 rings (SSSR count). The Balaban J connectivity index is 2.28. The van der Waals surface area contributed by atoms with Gasteiger partial charge in [0.15, 0.2) is 6.04 Å². The second kappa shape index (κ2) is 5.51. The lowest BCUT2D eigenvalue weighted by molar-refractivity contribution is -0.138. The summed E-state index contributed by atoms with van der Waals surface area (Å²) in [5, 5.41) is 17.4. The van der Waals surface area contributed by atoms with Crippen LogP contribution in [0.5, 0.6) is 0 Å². The number of hydrazone groups is 1. The van der Waals surface area contributed by atoms with Crippen molar-refractivity contribution in [2.24, 2.45) is 5.10 Å². The first kappa shape index (κ1) is 13.1. The van der Waals surface area contributed by atoms with Crippen molar-refractivity contribution < 1.29 is 14.7 Å². The van der Waals surface area contributed by atoms with Gasteiger partial charge in [0.25, 0.3) is 5.91 Å². The predicted molar refractivity (Wildman–Crippen MR) is 71.1 cm³/mol. The van der Waals surface area contributed by atoms with Gasteiger partial charge in [-0.25, -0.2) is 4.79 Å². The number of carbonyl (C=O) groups is 2. The van der Waals surface area contributed by atoms with Crippen LogP contribution in [0, 0.1) is 0 Å². The molecule has 6 nitrogen and oxygen atoms in total. The van der Waals surface area contributed by atoms with Crippen LogP contribution in [0.1, 0.15) is 13.3 Å². The van der Waals surface area contributed by atoms with E-state index < -0.39 is 12.0 Å². The van der Waals surface area contributed by atoms with Crippen molar-refractivity contribution in [1.82, 2.24) is 5.32 Å². The van der Waals surface area contributed by atoms with Crippen LogP contribution >= 0.6 is 0 Å². The fraction of sp³-hybridized carbons (Fsp3) is 0.308. The number of amides is 1. The molecule has 1 amide bonds. The first-order valence-corrected chi connectivity index (χ1v) is 6.06. The third-order valence-corrected chi connectivity index (χ3v) is 2.82. The van der Waals surface area contributed by atoms with Crippen molar-refractivity contribution in [3.8, 4) is 0 Å². The summed E-state index contributed by atoms with van der Waals surface area (Å²) in [4.78, 5) is 23.0. The molecule has 1 aromatic carbocycles. The number of carboxylic acids is 1. The number of carboxylic acid groups (broad SMARTS) is 1. The Morgan fingerprint density at radius 3 is 2.68 bits per heavy atom. The zero-order valence-corrected chi connectivity index (χ0v) is 10.5. The van der Waals surface area contributed by atoms with Crippen molar-refractivity contribution >= 4 is 23.3 Å². The van der Waals surface area contributed by atoms with Gasteiger partial charge in [0.2, 0.25) is 0 Å². The van der Waals surface area contributed by atoms with E-state index in [4.69, 9.17) is 0 Å². The molecule has 1 unspecified atom stereocenters. The first-order valence-electron chi connectivity index (χ1n) is 6.06. The molecule has 0 bridgehead atoms. The minimum Gasteiger partial charge on any atom is -0.480 e. The van der Waals surface area contributed by atoms with Crippen LogP contribution in [0.2, 0.25) is 0 Å². The molecular formula is C13H15N3O3. The van der Waals surface area contributed by atoms with Gasteiger partial charge in [0, 0.05) is 13.0 Å². The third kappa shape index (κ3) is 2.73. The summed E-state index contributed by atoms with van der Waals surface area (Å²) < 4.78 is 0. The van der Waals surface area contributed by atoms with Crippen LogP contribution in [0.25, 0.3) is 0 Å². The summed E-state index contributed by atoms with van der Waals surface area (Å²) in [7, 11) is 0. The van der Waals surface area contributed by atoms with Crippen LogP contribution in [0.15, 0.2) is 35.4 Å². The average molecular weight is 261 g/mol. The quantitative estimate of drug-likeness (QED) is 0.841. The lowest BCUT2D eigenvalue weighted by Gasteiger charge is -2.19. The van der Waals surface area contributed by atoms with Gasteiger partial charge in [0.1, 0.15) is 5.71 Å². The molecular weight excluding hydrogens is 246 g/mol. The Kier molecular flexibility index (Phi) is 3.79. The molecule has 0 fully saturated rings. The molecule has 6 heteroatoms. The Bertz CT molecular complexity index is 513. The van der Waals surface area contributed by atoms with Gasteiger partial charge >= 0.3 is 5.97 Å². The van der Waals surface area contributed by atoms with Crippen LogP contribution < -0.4 is 10.3 Å². The van der Waals surface area contributed by atoms with E-state index >= 15 is 0 Å². The number of para-hydroxylation sites is 1. The summed E-state index contributed by atoms with van der Waals surface area (Å²) in [5.74, 6) is -1.31. The standard InChI is InChI=1S/C13H15N3O3/c1-2-14-12(17)10-8-11(13(18)19)16(15-10)9-6-4-3-5-7-9/h3-7,11H,2,8H2,1H3,(H,14,17)(H,18,19). The van der Waals surface area contributed by atoms with E-state index in [-0.39, 0.29) is 18.0 Å². The lowest BCUT2D eigenvalue weighted by atomic mass is 10.1. The molecule has 1 aliphatic heterocycles. The van der Waals surface area contributed by atoms with E-state index in [0.29, 0.717) is 12.2 Å². The fourth-order valence-corrected chi connectivity index (χ4v) is 1.92. The summed E-state index contributed by atoms with van der Waals surface area (Å²) in [5.41, 5.74) is 0.910. The molecule has 2 N–H and O–H groups in total. The second-order valence-electron chi connectivity index (χ2n) is 4.14. The van der Waals surface area contributed by atoms with E-state index in [2.05, 4.69) is 10.4 Å². The van der Waals surface area contributed by atoms with Gasteiger partial charge in [0.05, 0.1) is 5.69 Å². The summed E-state index contributed by atoms with van der Waals surface area (Å²) in [6.07, 6.45) is 0.107. The number of hydrogen-bond acceptors (Lipinski definition) is 4. The fourth-order valence-electron chi connectivity index (χ4n) is 1.92. The number of nitrogens with zero attached hydrogens (tertiary/aromatic N) is 2. The van der Waals surface area contributed by atoms with Crippen molar-refractivity contribution in [3.05, 3.63) is 30.3 Å². The van der Waals surface area contributed by atoms with Gasteiger partial charge < -0.3 is 10.4 Å². The minimum atomic E-state index is -0.994. The van der Waals surface area contributed by atoms with E-state index in [9.17, 15) is 14.7 Å².